The average molecular weight is 506 g/mol. The van der Waals surface area contributed by atoms with E-state index < -0.39 is 16.9 Å². The molecule has 0 atom stereocenters. The summed E-state index contributed by atoms with van der Waals surface area (Å²) in [6.45, 7) is 1.97. The van der Waals surface area contributed by atoms with Crippen LogP contribution in [0.2, 0.25) is 10.0 Å². The van der Waals surface area contributed by atoms with Gasteiger partial charge >= 0.3 is 5.69 Å². The maximum absolute atomic E-state index is 12.2. The van der Waals surface area contributed by atoms with Gasteiger partial charge in [0.25, 0.3) is 5.56 Å². The molecule has 0 amide bonds. The number of furan rings is 1. The summed E-state index contributed by atoms with van der Waals surface area (Å²) in [7, 11) is 0. The molecular formula is C24H13Cl2N5O4. The van der Waals surface area contributed by atoms with E-state index in [-0.39, 0.29) is 21.5 Å². The molecule has 35 heavy (non-hydrogen) atoms. The van der Waals surface area contributed by atoms with Crippen LogP contribution >= 0.6 is 23.2 Å². The molecule has 0 fully saturated rings. The molecule has 0 aliphatic carbocycles. The number of nitrogens with one attached hydrogen (secondary N) is 1. The zero-order valence-corrected chi connectivity index (χ0v) is 19.4. The van der Waals surface area contributed by atoms with Crippen LogP contribution in [0.15, 0.2) is 69.0 Å². The third-order valence-corrected chi connectivity index (χ3v) is 5.75. The molecule has 172 valence electrons. The van der Waals surface area contributed by atoms with Gasteiger partial charge < -0.3 is 9.15 Å². The predicted molar refractivity (Wildman–Crippen MR) is 129 cm³/mol. The number of pyridine rings is 1. The summed E-state index contributed by atoms with van der Waals surface area (Å²) in [5.41, 5.74) is 1.38. The average Bonchev–Trinajstić information content (AvgIpc) is 3.37. The molecule has 3 heterocycles. The zero-order chi connectivity index (χ0) is 24.7. The molecule has 2 aromatic carbocycles. The van der Waals surface area contributed by atoms with E-state index in [0.717, 1.165) is 32.4 Å². The summed E-state index contributed by atoms with van der Waals surface area (Å²) in [6, 6.07) is 13.6. The van der Waals surface area contributed by atoms with E-state index in [1.807, 2.05) is 36.2 Å². The van der Waals surface area contributed by atoms with Gasteiger partial charge in [0.1, 0.15) is 11.8 Å². The highest BCUT2D eigenvalue weighted by Gasteiger charge is 2.16. The normalized spacial score (nSPS) is 10.9. The minimum Gasteiger partial charge on any atom is -0.472 e. The Labute approximate surface area is 206 Å². The number of hydrogen-bond acceptors (Lipinski definition) is 7. The van der Waals surface area contributed by atoms with E-state index in [0.29, 0.717) is 5.75 Å². The van der Waals surface area contributed by atoms with E-state index >= 15 is 0 Å². The second-order valence-corrected chi connectivity index (χ2v) is 8.30. The molecule has 0 aliphatic heterocycles. The maximum Gasteiger partial charge on any atom is 0.349 e. The van der Waals surface area contributed by atoms with E-state index in [9.17, 15) is 9.59 Å². The molecule has 0 saturated carbocycles. The number of benzene rings is 2. The summed E-state index contributed by atoms with van der Waals surface area (Å²) in [5, 5.41) is 13.9. The lowest BCUT2D eigenvalue weighted by Gasteiger charge is -2.13. The first-order valence-electron chi connectivity index (χ1n) is 10.1. The van der Waals surface area contributed by atoms with Gasteiger partial charge in [-0.25, -0.2) is 9.78 Å². The van der Waals surface area contributed by atoms with E-state index in [1.54, 1.807) is 24.7 Å². The van der Waals surface area contributed by atoms with Crippen molar-refractivity contribution in [2.24, 2.45) is 0 Å². The smallest absolute Gasteiger partial charge is 0.349 e. The SMILES string of the molecule is Cc1cc(-c2ccoc2)nc2ccc(Oc3c(Cl)cc(-n4nc(C#N)c(=O)[nH]c4=O)cc3Cl)cc12. The number of hydrogen-bond donors (Lipinski definition) is 1. The predicted octanol–water partition coefficient (Wildman–Crippen LogP) is 5.01. The highest BCUT2D eigenvalue weighted by atomic mass is 35.5. The van der Waals surface area contributed by atoms with Crippen molar-refractivity contribution in [1.29, 1.82) is 5.26 Å². The molecule has 5 aromatic rings. The quantitative estimate of drug-likeness (QED) is 0.363. The third kappa shape index (κ3) is 4.17. The number of H-pyrrole nitrogens is 1. The van der Waals surface area contributed by atoms with Crippen molar-refractivity contribution < 1.29 is 9.15 Å². The Morgan fingerprint density at radius 3 is 2.57 bits per heavy atom. The second-order valence-electron chi connectivity index (χ2n) is 7.49. The number of rotatable bonds is 4. The summed E-state index contributed by atoms with van der Waals surface area (Å²) >= 11 is 12.8. The van der Waals surface area contributed by atoms with Crippen molar-refractivity contribution in [3.63, 3.8) is 0 Å². The van der Waals surface area contributed by atoms with Crippen molar-refractivity contribution in [1.82, 2.24) is 19.7 Å². The zero-order valence-electron chi connectivity index (χ0n) is 17.9. The van der Waals surface area contributed by atoms with Gasteiger partial charge in [-0.15, -0.1) is 5.10 Å². The van der Waals surface area contributed by atoms with Crippen LogP contribution < -0.4 is 16.0 Å². The Balaban J connectivity index is 1.51. The number of aromatic nitrogens is 4. The molecule has 1 N–H and O–H groups in total. The molecule has 0 radical (unpaired) electrons. The summed E-state index contributed by atoms with van der Waals surface area (Å²) in [5.74, 6) is 0.635. The molecule has 0 aliphatic rings. The standard InChI is InChI=1S/C24H13Cl2N5O4/c1-12-6-20(13-4-5-34-11-13)28-19-3-2-15(9-16(12)19)35-22-17(25)7-14(8-18(22)26)31-24(33)29-23(32)21(10-27)30-31/h2-9,11H,1H3,(H,29,32,33). The van der Waals surface area contributed by atoms with Crippen LogP contribution in [0.4, 0.5) is 0 Å². The maximum atomic E-state index is 12.2. The molecule has 11 heteroatoms. The minimum atomic E-state index is -0.885. The molecule has 3 aromatic heterocycles. The lowest BCUT2D eigenvalue weighted by Crippen LogP contribution is -2.33. The summed E-state index contributed by atoms with van der Waals surface area (Å²) in [4.78, 5) is 30.5. The first kappa shape index (κ1) is 22.4. The lowest BCUT2D eigenvalue weighted by molar-refractivity contribution is 0.483. The van der Waals surface area contributed by atoms with E-state index in [2.05, 4.69) is 10.1 Å². The number of aryl methyl sites for hydroxylation is 1. The lowest BCUT2D eigenvalue weighted by atomic mass is 10.1. The fourth-order valence-electron chi connectivity index (χ4n) is 3.53. The first-order chi connectivity index (χ1) is 16.8. The van der Waals surface area contributed by atoms with Gasteiger partial charge in [0.05, 0.1) is 39.5 Å². The third-order valence-electron chi connectivity index (χ3n) is 5.19. The Morgan fingerprint density at radius 1 is 1.11 bits per heavy atom. The van der Waals surface area contributed by atoms with Gasteiger partial charge in [-0.2, -0.15) is 9.94 Å². The summed E-state index contributed by atoms with van der Waals surface area (Å²) in [6.07, 6.45) is 3.23. The van der Waals surface area contributed by atoms with Crippen molar-refractivity contribution >= 4 is 34.1 Å². The summed E-state index contributed by atoms with van der Waals surface area (Å²) < 4.78 is 11.9. The van der Waals surface area contributed by atoms with Crippen molar-refractivity contribution in [3.05, 3.63) is 97.1 Å². The fourth-order valence-corrected chi connectivity index (χ4v) is 4.08. The molecule has 9 nitrogen and oxygen atoms in total. The number of nitrogens with zero attached hydrogens (tertiary/aromatic N) is 4. The van der Waals surface area contributed by atoms with E-state index in [4.69, 9.17) is 37.6 Å². The van der Waals surface area contributed by atoms with Gasteiger partial charge in [0, 0.05) is 10.9 Å². The Morgan fingerprint density at radius 2 is 1.89 bits per heavy atom. The Bertz CT molecular complexity index is 1750. The molecule has 0 saturated heterocycles. The van der Waals surface area contributed by atoms with Crippen LogP contribution in [-0.2, 0) is 0 Å². The van der Waals surface area contributed by atoms with Crippen LogP contribution in [0.3, 0.4) is 0 Å². The van der Waals surface area contributed by atoms with Crippen LogP contribution in [-0.4, -0.2) is 19.7 Å². The number of fused-ring (bicyclic) bond motifs is 1. The number of aromatic amines is 1. The van der Waals surface area contributed by atoms with Crippen molar-refractivity contribution in [3.8, 4) is 34.5 Å². The van der Waals surface area contributed by atoms with Gasteiger partial charge in [0.2, 0.25) is 5.69 Å². The Hall–Kier alpha value is -4.39. The topological polar surface area (TPSA) is 127 Å². The van der Waals surface area contributed by atoms with Crippen LogP contribution in [0.25, 0.3) is 27.8 Å². The number of nitriles is 1. The van der Waals surface area contributed by atoms with Gasteiger partial charge in [0.15, 0.2) is 5.75 Å². The van der Waals surface area contributed by atoms with Gasteiger partial charge in [-0.1, -0.05) is 23.2 Å². The monoisotopic (exact) mass is 505 g/mol. The highest BCUT2D eigenvalue weighted by Crippen LogP contribution is 2.39. The van der Waals surface area contributed by atoms with Gasteiger partial charge in [-0.3, -0.25) is 9.78 Å². The molecular weight excluding hydrogens is 493 g/mol. The van der Waals surface area contributed by atoms with Crippen LogP contribution in [0.5, 0.6) is 11.5 Å². The van der Waals surface area contributed by atoms with E-state index in [1.165, 1.54) is 12.1 Å². The van der Waals surface area contributed by atoms with Crippen molar-refractivity contribution in [2.45, 2.75) is 6.92 Å². The molecule has 5 rings (SSSR count). The first-order valence-corrected chi connectivity index (χ1v) is 10.8. The molecule has 0 bridgehead atoms. The molecule has 0 spiro atoms. The number of halogens is 2. The molecule has 0 unspecified atom stereocenters. The van der Waals surface area contributed by atoms with Crippen molar-refractivity contribution in [2.75, 3.05) is 0 Å². The second kappa shape index (κ2) is 8.76. The van der Waals surface area contributed by atoms with Crippen LogP contribution in [0.1, 0.15) is 11.3 Å². The van der Waals surface area contributed by atoms with Crippen LogP contribution in [0, 0.1) is 18.3 Å². The minimum absolute atomic E-state index is 0.0937. The largest absolute Gasteiger partial charge is 0.472 e. The fraction of sp³-hybridized carbons (Fsp3) is 0.0417. The number of ether oxygens (including phenoxy) is 1. The highest BCUT2D eigenvalue weighted by molar-refractivity contribution is 6.37. The van der Waals surface area contributed by atoms with Gasteiger partial charge in [-0.05, 0) is 55.0 Å². The Kier molecular flexibility index (Phi) is 5.61.